The highest BCUT2D eigenvalue weighted by Gasteiger charge is 2.13. The van der Waals surface area contributed by atoms with Crippen LogP contribution in [0.25, 0.3) is 0 Å². The van der Waals surface area contributed by atoms with Gasteiger partial charge in [-0.2, -0.15) is 0 Å². The summed E-state index contributed by atoms with van der Waals surface area (Å²) < 4.78 is 4.59. The lowest BCUT2D eigenvalue weighted by molar-refractivity contribution is -0.141. The van der Waals surface area contributed by atoms with E-state index < -0.39 is 0 Å². The average molecular weight is 277 g/mol. The standard InChI is InChI=1S/C16H23NO3/c1-3-17(13-12-16(19)20-2)15(18)11-7-10-14-8-5-4-6-9-14/h4-6,8-9H,3,7,10-13H2,1-2H3. The Morgan fingerprint density at radius 1 is 1.15 bits per heavy atom. The third-order valence-electron chi connectivity index (χ3n) is 3.25. The minimum atomic E-state index is -0.277. The molecule has 20 heavy (non-hydrogen) atoms. The van der Waals surface area contributed by atoms with Crippen molar-refractivity contribution in [2.45, 2.75) is 32.6 Å². The number of carbonyl (C=O) groups is 2. The number of amides is 1. The third-order valence-corrected chi connectivity index (χ3v) is 3.25. The fourth-order valence-corrected chi connectivity index (χ4v) is 2.03. The second-order valence-electron chi connectivity index (χ2n) is 4.64. The van der Waals surface area contributed by atoms with Crippen LogP contribution in [-0.4, -0.2) is 37.0 Å². The molecule has 0 radical (unpaired) electrons. The van der Waals surface area contributed by atoms with Crippen LogP contribution in [0, 0.1) is 0 Å². The molecule has 0 saturated heterocycles. The van der Waals surface area contributed by atoms with Gasteiger partial charge in [0.05, 0.1) is 13.5 Å². The van der Waals surface area contributed by atoms with E-state index in [4.69, 9.17) is 0 Å². The van der Waals surface area contributed by atoms with Crippen molar-refractivity contribution in [1.29, 1.82) is 0 Å². The van der Waals surface area contributed by atoms with Gasteiger partial charge < -0.3 is 9.64 Å². The monoisotopic (exact) mass is 277 g/mol. The van der Waals surface area contributed by atoms with E-state index in [2.05, 4.69) is 16.9 Å². The molecule has 0 N–H and O–H groups in total. The van der Waals surface area contributed by atoms with E-state index in [9.17, 15) is 9.59 Å². The summed E-state index contributed by atoms with van der Waals surface area (Å²) in [5.41, 5.74) is 1.25. The van der Waals surface area contributed by atoms with Gasteiger partial charge in [0, 0.05) is 19.5 Å². The molecule has 1 aromatic rings. The fourth-order valence-electron chi connectivity index (χ4n) is 2.03. The number of aryl methyl sites for hydroxylation is 1. The Kier molecular flexibility index (Phi) is 7.40. The van der Waals surface area contributed by atoms with Gasteiger partial charge in [-0.1, -0.05) is 30.3 Å². The van der Waals surface area contributed by atoms with Crippen LogP contribution in [0.3, 0.4) is 0 Å². The number of rotatable bonds is 8. The molecule has 0 unspecified atom stereocenters. The molecular formula is C16H23NO3. The molecule has 0 heterocycles. The van der Waals surface area contributed by atoms with Crippen molar-refractivity contribution in [2.75, 3.05) is 20.2 Å². The molecule has 0 spiro atoms. The normalized spacial score (nSPS) is 10.1. The number of benzene rings is 1. The van der Waals surface area contributed by atoms with E-state index in [1.807, 2.05) is 25.1 Å². The molecule has 0 saturated carbocycles. The molecule has 4 heteroatoms. The topological polar surface area (TPSA) is 46.6 Å². The van der Waals surface area contributed by atoms with Gasteiger partial charge in [0.15, 0.2) is 0 Å². The van der Waals surface area contributed by atoms with Crippen LogP contribution >= 0.6 is 0 Å². The highest BCUT2D eigenvalue weighted by atomic mass is 16.5. The van der Waals surface area contributed by atoms with E-state index in [0.29, 0.717) is 19.5 Å². The molecule has 1 aromatic carbocycles. The second kappa shape index (κ2) is 9.13. The van der Waals surface area contributed by atoms with Gasteiger partial charge in [0.25, 0.3) is 0 Å². The summed E-state index contributed by atoms with van der Waals surface area (Å²) >= 11 is 0. The Balaban J connectivity index is 2.30. The van der Waals surface area contributed by atoms with Crippen molar-refractivity contribution < 1.29 is 14.3 Å². The zero-order chi connectivity index (χ0) is 14.8. The minimum Gasteiger partial charge on any atom is -0.469 e. The first-order valence-electron chi connectivity index (χ1n) is 7.06. The van der Waals surface area contributed by atoms with E-state index >= 15 is 0 Å². The van der Waals surface area contributed by atoms with Crippen LogP contribution in [0.4, 0.5) is 0 Å². The van der Waals surface area contributed by atoms with Crippen molar-refractivity contribution in [3.8, 4) is 0 Å². The van der Waals surface area contributed by atoms with Crippen LogP contribution in [0.15, 0.2) is 30.3 Å². The summed E-state index contributed by atoms with van der Waals surface area (Å²) in [5.74, 6) is -0.173. The summed E-state index contributed by atoms with van der Waals surface area (Å²) in [6, 6.07) is 10.1. The van der Waals surface area contributed by atoms with E-state index in [1.165, 1.54) is 12.7 Å². The first-order chi connectivity index (χ1) is 9.67. The molecule has 0 atom stereocenters. The summed E-state index contributed by atoms with van der Waals surface area (Å²) in [7, 11) is 1.36. The van der Waals surface area contributed by atoms with Gasteiger partial charge in [0.2, 0.25) is 5.91 Å². The molecular weight excluding hydrogens is 254 g/mol. The Morgan fingerprint density at radius 2 is 1.85 bits per heavy atom. The SMILES string of the molecule is CCN(CCC(=O)OC)C(=O)CCCc1ccccc1. The molecule has 1 rings (SSSR count). The second-order valence-corrected chi connectivity index (χ2v) is 4.64. The number of hydrogen-bond acceptors (Lipinski definition) is 3. The molecule has 110 valence electrons. The van der Waals surface area contributed by atoms with Crippen LogP contribution in [0.5, 0.6) is 0 Å². The lowest BCUT2D eigenvalue weighted by Gasteiger charge is -2.20. The zero-order valence-electron chi connectivity index (χ0n) is 12.3. The highest BCUT2D eigenvalue weighted by Crippen LogP contribution is 2.07. The van der Waals surface area contributed by atoms with Crippen molar-refractivity contribution in [3.63, 3.8) is 0 Å². The first-order valence-corrected chi connectivity index (χ1v) is 7.06. The van der Waals surface area contributed by atoms with Crippen molar-refractivity contribution in [1.82, 2.24) is 4.90 Å². The van der Waals surface area contributed by atoms with Crippen LogP contribution in [0.1, 0.15) is 31.7 Å². The van der Waals surface area contributed by atoms with E-state index in [0.717, 1.165) is 12.8 Å². The molecule has 0 aliphatic carbocycles. The molecule has 0 aliphatic heterocycles. The highest BCUT2D eigenvalue weighted by molar-refractivity contribution is 5.77. The molecule has 4 nitrogen and oxygen atoms in total. The Hall–Kier alpha value is -1.84. The lowest BCUT2D eigenvalue weighted by atomic mass is 10.1. The van der Waals surface area contributed by atoms with Gasteiger partial charge in [-0.15, -0.1) is 0 Å². The largest absolute Gasteiger partial charge is 0.469 e. The summed E-state index contributed by atoms with van der Waals surface area (Å²) in [6.45, 7) is 2.99. The number of carbonyl (C=O) groups excluding carboxylic acids is 2. The van der Waals surface area contributed by atoms with E-state index in [-0.39, 0.29) is 18.3 Å². The Morgan fingerprint density at radius 3 is 2.45 bits per heavy atom. The van der Waals surface area contributed by atoms with Gasteiger partial charge in [-0.3, -0.25) is 9.59 Å². The summed E-state index contributed by atoms with van der Waals surface area (Å²) in [4.78, 5) is 24.8. The summed E-state index contributed by atoms with van der Waals surface area (Å²) in [5, 5.41) is 0. The number of methoxy groups -OCH3 is 1. The van der Waals surface area contributed by atoms with Crippen molar-refractivity contribution in [3.05, 3.63) is 35.9 Å². The van der Waals surface area contributed by atoms with Gasteiger partial charge in [-0.25, -0.2) is 0 Å². The maximum atomic E-state index is 12.0. The number of esters is 1. The van der Waals surface area contributed by atoms with Gasteiger partial charge in [0.1, 0.15) is 0 Å². The molecule has 0 bridgehead atoms. The van der Waals surface area contributed by atoms with Gasteiger partial charge in [-0.05, 0) is 25.3 Å². The summed E-state index contributed by atoms with van der Waals surface area (Å²) in [6.07, 6.45) is 2.51. The maximum Gasteiger partial charge on any atom is 0.307 e. The third kappa shape index (κ3) is 5.87. The maximum absolute atomic E-state index is 12.0. The minimum absolute atomic E-state index is 0.104. The van der Waals surface area contributed by atoms with Crippen molar-refractivity contribution >= 4 is 11.9 Å². The lowest BCUT2D eigenvalue weighted by Crippen LogP contribution is -2.32. The number of ether oxygens (including phenoxy) is 1. The van der Waals surface area contributed by atoms with Crippen LogP contribution < -0.4 is 0 Å². The smallest absolute Gasteiger partial charge is 0.307 e. The molecule has 0 fully saturated rings. The van der Waals surface area contributed by atoms with Crippen LogP contribution in [0.2, 0.25) is 0 Å². The Labute approximate surface area is 120 Å². The van der Waals surface area contributed by atoms with E-state index in [1.54, 1.807) is 4.90 Å². The van der Waals surface area contributed by atoms with Gasteiger partial charge >= 0.3 is 5.97 Å². The quantitative estimate of drug-likeness (QED) is 0.686. The van der Waals surface area contributed by atoms with Crippen molar-refractivity contribution in [2.24, 2.45) is 0 Å². The first kappa shape index (κ1) is 16.2. The fraction of sp³-hybridized carbons (Fsp3) is 0.500. The predicted octanol–water partition coefficient (Wildman–Crippen LogP) is 2.42. The zero-order valence-corrected chi connectivity index (χ0v) is 12.3. The predicted molar refractivity (Wildman–Crippen MR) is 78.3 cm³/mol. The molecule has 0 aliphatic rings. The number of hydrogen-bond donors (Lipinski definition) is 0. The van der Waals surface area contributed by atoms with Crippen LogP contribution in [-0.2, 0) is 20.7 Å². The molecule has 0 aromatic heterocycles. The number of nitrogens with zero attached hydrogens (tertiary/aromatic N) is 1. The Bertz CT molecular complexity index is 417. The average Bonchev–Trinajstić information content (AvgIpc) is 2.48. The molecule has 1 amide bonds.